The Morgan fingerprint density at radius 3 is 2.58 bits per heavy atom. The van der Waals surface area contributed by atoms with Crippen LogP contribution in [0.1, 0.15) is 47.0 Å². The number of hydrogen-bond acceptors (Lipinski definition) is 3. The Bertz CT molecular complexity index is 324. The highest BCUT2D eigenvalue weighted by Crippen LogP contribution is 2.42. The summed E-state index contributed by atoms with van der Waals surface area (Å²) in [5.74, 6) is 0.258. The van der Waals surface area contributed by atoms with Crippen molar-refractivity contribution in [2.75, 3.05) is 19.7 Å². The molecule has 1 amide bonds. The molecule has 4 heteroatoms. The van der Waals surface area contributed by atoms with Crippen molar-refractivity contribution in [2.24, 2.45) is 5.41 Å². The Balaban J connectivity index is 1.83. The summed E-state index contributed by atoms with van der Waals surface area (Å²) in [4.78, 5) is 14.3. The van der Waals surface area contributed by atoms with Crippen molar-refractivity contribution in [3.63, 3.8) is 0 Å². The van der Waals surface area contributed by atoms with E-state index in [1.54, 1.807) is 0 Å². The van der Waals surface area contributed by atoms with Crippen molar-refractivity contribution in [2.45, 2.75) is 65.1 Å². The predicted octanol–water partition coefficient (Wildman–Crippen LogP) is 1.79. The molecule has 2 rings (SSSR count). The van der Waals surface area contributed by atoms with Crippen LogP contribution in [0.3, 0.4) is 0 Å². The summed E-state index contributed by atoms with van der Waals surface area (Å²) in [5, 5.41) is 3.50. The van der Waals surface area contributed by atoms with Gasteiger partial charge in [0.05, 0.1) is 12.1 Å². The minimum atomic E-state index is -0.0787. The van der Waals surface area contributed by atoms with E-state index in [9.17, 15) is 4.79 Å². The third-order valence-corrected chi connectivity index (χ3v) is 4.78. The molecule has 1 aliphatic carbocycles. The number of nitrogens with zero attached hydrogens (tertiary/aromatic N) is 1. The van der Waals surface area contributed by atoms with Gasteiger partial charge in [0.1, 0.15) is 0 Å². The lowest BCUT2D eigenvalue weighted by Crippen LogP contribution is -2.64. The summed E-state index contributed by atoms with van der Waals surface area (Å²) >= 11 is 0. The standard InChI is InChI=1S/C15H28N2O2/c1-5-19-13-10-12(15(13,3)4)16-11(2)14(18)17-8-6-7-9-17/h11-13,16H,5-10H2,1-4H3. The van der Waals surface area contributed by atoms with E-state index in [0.717, 1.165) is 39.0 Å². The van der Waals surface area contributed by atoms with Gasteiger partial charge in [0.15, 0.2) is 0 Å². The van der Waals surface area contributed by atoms with Gasteiger partial charge in [-0.15, -0.1) is 0 Å². The average molecular weight is 268 g/mol. The summed E-state index contributed by atoms with van der Waals surface area (Å²) in [6.07, 6.45) is 3.64. The fourth-order valence-corrected chi connectivity index (χ4v) is 3.24. The average Bonchev–Trinajstić information content (AvgIpc) is 2.90. The summed E-state index contributed by atoms with van der Waals surface area (Å²) in [7, 11) is 0. The molecule has 2 fully saturated rings. The minimum absolute atomic E-state index is 0.0787. The van der Waals surface area contributed by atoms with E-state index in [2.05, 4.69) is 19.2 Å². The molecule has 0 aromatic rings. The molecule has 1 saturated carbocycles. The van der Waals surface area contributed by atoms with Crippen LogP contribution >= 0.6 is 0 Å². The van der Waals surface area contributed by atoms with Crippen molar-refractivity contribution in [3.8, 4) is 0 Å². The Hall–Kier alpha value is -0.610. The lowest BCUT2D eigenvalue weighted by atomic mass is 9.64. The summed E-state index contributed by atoms with van der Waals surface area (Å²) < 4.78 is 5.73. The largest absolute Gasteiger partial charge is 0.378 e. The van der Waals surface area contributed by atoms with E-state index in [1.807, 2.05) is 18.7 Å². The molecule has 0 spiro atoms. The number of rotatable bonds is 5. The van der Waals surface area contributed by atoms with E-state index in [-0.39, 0.29) is 17.4 Å². The molecule has 1 heterocycles. The Kier molecular flexibility index (Phi) is 4.51. The molecule has 0 bridgehead atoms. The van der Waals surface area contributed by atoms with Crippen LogP contribution in [0, 0.1) is 5.41 Å². The second-order valence-corrected chi connectivity index (χ2v) is 6.47. The predicted molar refractivity (Wildman–Crippen MR) is 76.0 cm³/mol. The highest BCUT2D eigenvalue weighted by atomic mass is 16.5. The number of hydrogen-bond donors (Lipinski definition) is 1. The fourth-order valence-electron chi connectivity index (χ4n) is 3.24. The molecular formula is C15H28N2O2. The molecule has 2 aliphatic rings. The monoisotopic (exact) mass is 268 g/mol. The number of amides is 1. The molecular weight excluding hydrogens is 240 g/mol. The molecule has 0 aromatic heterocycles. The third kappa shape index (κ3) is 2.95. The molecule has 3 atom stereocenters. The van der Waals surface area contributed by atoms with Gasteiger partial charge in [0.25, 0.3) is 0 Å². The molecule has 1 aliphatic heterocycles. The van der Waals surface area contributed by atoms with Crippen LogP contribution in [0.25, 0.3) is 0 Å². The first-order valence-corrected chi connectivity index (χ1v) is 7.63. The van der Waals surface area contributed by atoms with Crippen molar-refractivity contribution in [1.29, 1.82) is 0 Å². The molecule has 1 N–H and O–H groups in total. The quantitative estimate of drug-likeness (QED) is 0.826. The topological polar surface area (TPSA) is 41.6 Å². The number of nitrogens with one attached hydrogen (secondary N) is 1. The summed E-state index contributed by atoms with van der Waals surface area (Å²) in [6, 6.07) is 0.301. The van der Waals surface area contributed by atoms with E-state index in [4.69, 9.17) is 4.74 Å². The first kappa shape index (κ1) is 14.8. The van der Waals surface area contributed by atoms with Gasteiger partial charge in [-0.1, -0.05) is 13.8 Å². The van der Waals surface area contributed by atoms with Crippen molar-refractivity contribution < 1.29 is 9.53 Å². The molecule has 3 unspecified atom stereocenters. The molecule has 1 saturated heterocycles. The Labute approximate surface area is 116 Å². The first-order valence-electron chi connectivity index (χ1n) is 7.63. The minimum Gasteiger partial charge on any atom is -0.378 e. The number of ether oxygens (including phenoxy) is 1. The lowest BCUT2D eigenvalue weighted by molar-refractivity contribution is -0.137. The zero-order chi connectivity index (χ0) is 14.0. The van der Waals surface area contributed by atoms with Crippen LogP contribution in [0.15, 0.2) is 0 Å². The van der Waals surface area contributed by atoms with Gasteiger partial charge in [-0.3, -0.25) is 4.79 Å². The van der Waals surface area contributed by atoms with Gasteiger partial charge in [-0.05, 0) is 33.1 Å². The van der Waals surface area contributed by atoms with Crippen molar-refractivity contribution in [3.05, 3.63) is 0 Å². The van der Waals surface area contributed by atoms with Crippen LogP contribution < -0.4 is 5.32 Å². The van der Waals surface area contributed by atoms with Crippen LogP contribution in [-0.4, -0.2) is 48.7 Å². The van der Waals surface area contributed by atoms with Gasteiger partial charge < -0.3 is 15.0 Å². The Morgan fingerprint density at radius 2 is 2.05 bits per heavy atom. The van der Waals surface area contributed by atoms with E-state index < -0.39 is 0 Å². The maximum Gasteiger partial charge on any atom is 0.239 e. The number of likely N-dealkylation sites (tertiary alicyclic amines) is 1. The van der Waals surface area contributed by atoms with Crippen molar-refractivity contribution in [1.82, 2.24) is 10.2 Å². The summed E-state index contributed by atoms with van der Waals surface area (Å²) in [6.45, 7) is 11.1. The number of carbonyl (C=O) groups excluding carboxylic acids is 1. The van der Waals surface area contributed by atoms with E-state index in [0.29, 0.717) is 12.1 Å². The maximum atomic E-state index is 12.3. The zero-order valence-electron chi connectivity index (χ0n) is 12.7. The molecule has 4 nitrogen and oxygen atoms in total. The smallest absolute Gasteiger partial charge is 0.239 e. The summed E-state index contributed by atoms with van der Waals surface area (Å²) in [5.41, 5.74) is 0.121. The molecule has 110 valence electrons. The zero-order valence-corrected chi connectivity index (χ0v) is 12.7. The van der Waals surface area contributed by atoms with Gasteiger partial charge in [0.2, 0.25) is 5.91 Å². The van der Waals surface area contributed by atoms with E-state index in [1.165, 1.54) is 0 Å². The highest BCUT2D eigenvalue weighted by Gasteiger charge is 2.49. The third-order valence-electron chi connectivity index (χ3n) is 4.78. The van der Waals surface area contributed by atoms with Gasteiger partial charge in [0, 0.05) is 31.2 Å². The molecule has 0 aromatic carbocycles. The molecule has 0 radical (unpaired) electrons. The second kappa shape index (κ2) is 5.80. The number of carbonyl (C=O) groups is 1. The lowest BCUT2D eigenvalue weighted by Gasteiger charge is -2.52. The maximum absolute atomic E-state index is 12.3. The van der Waals surface area contributed by atoms with Gasteiger partial charge >= 0.3 is 0 Å². The Morgan fingerprint density at radius 1 is 1.42 bits per heavy atom. The molecule has 19 heavy (non-hydrogen) atoms. The van der Waals surface area contributed by atoms with Crippen LogP contribution in [0.2, 0.25) is 0 Å². The van der Waals surface area contributed by atoms with Crippen LogP contribution in [0.4, 0.5) is 0 Å². The van der Waals surface area contributed by atoms with Crippen LogP contribution in [0.5, 0.6) is 0 Å². The second-order valence-electron chi connectivity index (χ2n) is 6.47. The van der Waals surface area contributed by atoms with Crippen molar-refractivity contribution >= 4 is 5.91 Å². The first-order chi connectivity index (χ1) is 8.96. The highest BCUT2D eigenvalue weighted by molar-refractivity contribution is 5.81. The SMILES string of the molecule is CCOC1CC(NC(C)C(=O)N2CCCC2)C1(C)C. The van der Waals surface area contributed by atoms with Gasteiger partial charge in [-0.25, -0.2) is 0 Å². The van der Waals surface area contributed by atoms with E-state index >= 15 is 0 Å². The fraction of sp³-hybridized carbons (Fsp3) is 0.933. The van der Waals surface area contributed by atoms with Gasteiger partial charge in [-0.2, -0.15) is 0 Å². The normalized spacial score (nSPS) is 31.1. The van der Waals surface area contributed by atoms with Crippen LogP contribution in [-0.2, 0) is 9.53 Å².